The molecule has 1 unspecified atom stereocenters. The molecule has 0 radical (unpaired) electrons. The van der Waals surface area contributed by atoms with E-state index >= 15 is 0 Å². The number of aliphatic hydroxyl groups excluding tert-OH is 2. The molecule has 0 saturated carbocycles. The van der Waals surface area contributed by atoms with E-state index in [1.807, 2.05) is 31.2 Å². The Kier molecular flexibility index (Phi) is 4.28. The van der Waals surface area contributed by atoms with Gasteiger partial charge in [0.1, 0.15) is 5.44 Å². The number of hydrogen-bond donors (Lipinski definition) is 2. The Bertz CT molecular complexity index is 246. The van der Waals surface area contributed by atoms with Crippen LogP contribution in [0.15, 0.2) is 29.2 Å². The zero-order valence-electron chi connectivity index (χ0n) is 7.60. The molecule has 0 saturated heterocycles. The van der Waals surface area contributed by atoms with E-state index in [0.717, 1.165) is 4.90 Å². The summed E-state index contributed by atoms with van der Waals surface area (Å²) in [6.07, 6.45) is 0.415. The SMILES string of the molecule is Cc1ccc(SC(O)CCO)cc1. The molecule has 13 heavy (non-hydrogen) atoms. The first-order valence-electron chi connectivity index (χ1n) is 4.24. The third kappa shape index (κ3) is 3.81. The van der Waals surface area contributed by atoms with Gasteiger partial charge in [0.05, 0.1) is 0 Å². The maximum absolute atomic E-state index is 9.37. The van der Waals surface area contributed by atoms with Crippen molar-refractivity contribution in [2.75, 3.05) is 6.61 Å². The van der Waals surface area contributed by atoms with Crippen LogP contribution in [0.2, 0.25) is 0 Å². The number of benzene rings is 1. The highest BCUT2D eigenvalue weighted by molar-refractivity contribution is 7.99. The zero-order chi connectivity index (χ0) is 9.68. The summed E-state index contributed by atoms with van der Waals surface area (Å²) < 4.78 is 0. The first-order chi connectivity index (χ1) is 6.22. The van der Waals surface area contributed by atoms with Crippen molar-refractivity contribution in [2.45, 2.75) is 23.7 Å². The molecular weight excluding hydrogens is 184 g/mol. The van der Waals surface area contributed by atoms with Crippen molar-refractivity contribution in [3.05, 3.63) is 29.8 Å². The van der Waals surface area contributed by atoms with Crippen molar-refractivity contribution in [1.82, 2.24) is 0 Å². The Morgan fingerprint density at radius 3 is 2.46 bits per heavy atom. The monoisotopic (exact) mass is 198 g/mol. The van der Waals surface area contributed by atoms with E-state index in [1.54, 1.807) is 0 Å². The largest absolute Gasteiger partial charge is 0.396 e. The molecule has 0 aliphatic rings. The van der Waals surface area contributed by atoms with Crippen molar-refractivity contribution in [3.63, 3.8) is 0 Å². The van der Waals surface area contributed by atoms with Crippen LogP contribution in [0.5, 0.6) is 0 Å². The summed E-state index contributed by atoms with van der Waals surface area (Å²) in [5, 5.41) is 18.0. The summed E-state index contributed by atoms with van der Waals surface area (Å²) in [6, 6.07) is 7.96. The second-order valence-corrected chi connectivity index (χ2v) is 4.15. The molecular formula is C10H14O2S. The highest BCUT2D eigenvalue weighted by Crippen LogP contribution is 2.23. The minimum absolute atomic E-state index is 0.0278. The van der Waals surface area contributed by atoms with Crippen LogP contribution in [0.25, 0.3) is 0 Å². The molecule has 1 rings (SSSR count). The van der Waals surface area contributed by atoms with E-state index in [2.05, 4.69) is 0 Å². The molecule has 3 heteroatoms. The van der Waals surface area contributed by atoms with E-state index < -0.39 is 5.44 Å². The first-order valence-corrected chi connectivity index (χ1v) is 5.12. The molecule has 2 N–H and O–H groups in total. The normalized spacial score (nSPS) is 12.8. The molecule has 0 aliphatic heterocycles. The van der Waals surface area contributed by atoms with Crippen LogP contribution in [0.1, 0.15) is 12.0 Å². The summed E-state index contributed by atoms with van der Waals surface area (Å²) in [4.78, 5) is 1.03. The van der Waals surface area contributed by atoms with Gasteiger partial charge in [-0.2, -0.15) is 0 Å². The summed E-state index contributed by atoms with van der Waals surface area (Å²) in [7, 11) is 0. The van der Waals surface area contributed by atoms with E-state index in [1.165, 1.54) is 17.3 Å². The van der Waals surface area contributed by atoms with E-state index in [-0.39, 0.29) is 6.61 Å². The molecule has 0 spiro atoms. The Morgan fingerprint density at radius 2 is 1.92 bits per heavy atom. The molecule has 1 aromatic carbocycles. The van der Waals surface area contributed by atoms with Gasteiger partial charge >= 0.3 is 0 Å². The van der Waals surface area contributed by atoms with Gasteiger partial charge < -0.3 is 10.2 Å². The lowest BCUT2D eigenvalue weighted by atomic mass is 10.2. The van der Waals surface area contributed by atoms with Gasteiger partial charge in [-0.15, -0.1) is 0 Å². The van der Waals surface area contributed by atoms with Crippen LogP contribution in [-0.4, -0.2) is 22.3 Å². The van der Waals surface area contributed by atoms with Crippen molar-refractivity contribution < 1.29 is 10.2 Å². The van der Waals surface area contributed by atoms with Crippen LogP contribution in [0, 0.1) is 6.92 Å². The number of thioether (sulfide) groups is 1. The van der Waals surface area contributed by atoms with Gasteiger partial charge in [0.2, 0.25) is 0 Å². The smallest absolute Gasteiger partial charge is 0.106 e. The predicted molar refractivity (Wildman–Crippen MR) is 54.7 cm³/mol. The van der Waals surface area contributed by atoms with Crippen molar-refractivity contribution >= 4 is 11.8 Å². The van der Waals surface area contributed by atoms with Crippen LogP contribution in [0.3, 0.4) is 0 Å². The second kappa shape index (κ2) is 5.27. The van der Waals surface area contributed by atoms with Crippen LogP contribution in [-0.2, 0) is 0 Å². The van der Waals surface area contributed by atoms with Crippen LogP contribution < -0.4 is 0 Å². The van der Waals surface area contributed by atoms with Gasteiger partial charge in [-0.3, -0.25) is 0 Å². The molecule has 0 aliphatic carbocycles. The molecule has 0 aromatic heterocycles. The average Bonchev–Trinajstić information content (AvgIpc) is 2.09. The molecule has 2 nitrogen and oxygen atoms in total. The molecule has 0 bridgehead atoms. The Labute approximate surface area is 82.6 Å². The Hall–Kier alpha value is -0.510. The van der Waals surface area contributed by atoms with E-state index in [9.17, 15) is 5.11 Å². The fraction of sp³-hybridized carbons (Fsp3) is 0.400. The van der Waals surface area contributed by atoms with Gasteiger partial charge in [-0.25, -0.2) is 0 Å². The third-order valence-corrected chi connectivity index (χ3v) is 2.72. The minimum Gasteiger partial charge on any atom is -0.396 e. The lowest BCUT2D eigenvalue weighted by Gasteiger charge is -2.07. The maximum atomic E-state index is 9.37. The number of rotatable bonds is 4. The summed E-state index contributed by atoms with van der Waals surface area (Å²) in [6.45, 7) is 2.05. The third-order valence-electron chi connectivity index (χ3n) is 1.67. The topological polar surface area (TPSA) is 40.5 Å². The van der Waals surface area contributed by atoms with Crippen LogP contribution >= 0.6 is 11.8 Å². The van der Waals surface area contributed by atoms with E-state index in [0.29, 0.717) is 6.42 Å². The molecule has 72 valence electrons. The summed E-state index contributed by atoms with van der Waals surface area (Å²) in [5.74, 6) is 0. The number of hydrogen-bond acceptors (Lipinski definition) is 3. The molecule has 0 amide bonds. The van der Waals surface area contributed by atoms with Crippen molar-refractivity contribution in [3.8, 4) is 0 Å². The van der Waals surface area contributed by atoms with Gasteiger partial charge in [-0.1, -0.05) is 29.5 Å². The molecule has 1 aromatic rings. The summed E-state index contributed by atoms with van der Waals surface area (Å²) in [5.41, 5.74) is 0.703. The van der Waals surface area contributed by atoms with Gasteiger partial charge in [0, 0.05) is 17.9 Å². The number of aryl methyl sites for hydroxylation is 1. The summed E-state index contributed by atoms with van der Waals surface area (Å²) >= 11 is 1.37. The standard InChI is InChI=1S/C10H14O2S/c1-8-2-4-9(5-3-8)13-10(12)6-7-11/h2-5,10-12H,6-7H2,1H3. The average molecular weight is 198 g/mol. The number of aliphatic hydroxyl groups is 2. The lowest BCUT2D eigenvalue weighted by Crippen LogP contribution is -2.02. The highest BCUT2D eigenvalue weighted by atomic mass is 32.2. The van der Waals surface area contributed by atoms with Crippen LogP contribution in [0.4, 0.5) is 0 Å². The molecule has 1 atom stereocenters. The molecule has 0 fully saturated rings. The Morgan fingerprint density at radius 1 is 1.31 bits per heavy atom. The highest BCUT2D eigenvalue weighted by Gasteiger charge is 2.04. The zero-order valence-corrected chi connectivity index (χ0v) is 8.42. The maximum Gasteiger partial charge on any atom is 0.106 e. The predicted octanol–water partition coefficient (Wildman–Crippen LogP) is 1.79. The fourth-order valence-corrected chi connectivity index (χ4v) is 1.77. The second-order valence-electron chi connectivity index (χ2n) is 2.90. The van der Waals surface area contributed by atoms with E-state index in [4.69, 9.17) is 5.11 Å². The molecule has 0 heterocycles. The first kappa shape index (κ1) is 10.6. The lowest BCUT2D eigenvalue weighted by molar-refractivity contribution is 0.198. The van der Waals surface area contributed by atoms with Gasteiger partial charge in [0.25, 0.3) is 0 Å². The van der Waals surface area contributed by atoms with Crippen molar-refractivity contribution in [1.29, 1.82) is 0 Å². The fourth-order valence-electron chi connectivity index (χ4n) is 0.943. The minimum atomic E-state index is -0.507. The van der Waals surface area contributed by atoms with Crippen molar-refractivity contribution in [2.24, 2.45) is 0 Å². The Balaban J connectivity index is 2.49. The van der Waals surface area contributed by atoms with Gasteiger partial charge in [-0.05, 0) is 19.1 Å². The van der Waals surface area contributed by atoms with Gasteiger partial charge in [0.15, 0.2) is 0 Å². The quantitative estimate of drug-likeness (QED) is 0.572.